The van der Waals surface area contributed by atoms with Crippen molar-refractivity contribution < 1.29 is 18.8 Å². The van der Waals surface area contributed by atoms with Crippen LogP contribution in [0, 0.1) is 15.9 Å². The van der Waals surface area contributed by atoms with Gasteiger partial charge in [-0.1, -0.05) is 18.2 Å². The van der Waals surface area contributed by atoms with Gasteiger partial charge in [-0.3, -0.25) is 15.4 Å². The van der Waals surface area contributed by atoms with Gasteiger partial charge in [0.05, 0.1) is 4.92 Å². The van der Waals surface area contributed by atoms with E-state index in [1.807, 2.05) is 0 Å². The number of hydrogen-bond donors (Lipinski definition) is 1. The maximum atomic E-state index is 13.1. The lowest BCUT2D eigenvalue weighted by molar-refractivity contribution is -0.384. The van der Waals surface area contributed by atoms with Crippen LogP contribution in [0.2, 0.25) is 0 Å². The highest BCUT2D eigenvalue weighted by Crippen LogP contribution is 2.25. The Morgan fingerprint density at radius 3 is 2.55 bits per heavy atom. The number of benzene rings is 2. The van der Waals surface area contributed by atoms with Gasteiger partial charge in [0.15, 0.2) is 0 Å². The minimum Gasteiger partial charge on any atom is -0.410 e. The summed E-state index contributed by atoms with van der Waals surface area (Å²) in [5.41, 5.74) is -0.688. The number of nitrogens with one attached hydrogen (secondary N) is 1. The number of halogens is 1. The van der Waals surface area contributed by atoms with Crippen LogP contribution in [0.3, 0.4) is 0 Å². The Morgan fingerprint density at radius 1 is 1.20 bits per heavy atom. The highest BCUT2D eigenvalue weighted by atomic mass is 19.1. The van der Waals surface area contributed by atoms with E-state index in [4.69, 9.17) is 4.74 Å². The number of para-hydroxylation sites is 1. The lowest BCUT2D eigenvalue weighted by Gasteiger charge is -2.07. The molecule has 0 fully saturated rings. The van der Waals surface area contributed by atoms with Gasteiger partial charge in [0.1, 0.15) is 17.3 Å². The first kappa shape index (κ1) is 13.5. The van der Waals surface area contributed by atoms with E-state index in [1.54, 1.807) is 30.3 Å². The summed E-state index contributed by atoms with van der Waals surface area (Å²) < 4.78 is 18.0. The Morgan fingerprint density at radius 2 is 1.90 bits per heavy atom. The third kappa shape index (κ3) is 3.29. The number of hydrogen-bond acceptors (Lipinski definition) is 4. The first-order chi connectivity index (χ1) is 9.56. The Bertz CT molecular complexity index is 646. The molecule has 1 N–H and O–H groups in total. The maximum Gasteiger partial charge on any atom is 0.417 e. The van der Waals surface area contributed by atoms with Gasteiger partial charge >= 0.3 is 6.09 Å². The van der Waals surface area contributed by atoms with Crippen molar-refractivity contribution >= 4 is 17.5 Å². The lowest BCUT2D eigenvalue weighted by Crippen LogP contribution is -2.17. The minimum absolute atomic E-state index is 0.268. The molecule has 2 aromatic rings. The van der Waals surface area contributed by atoms with Gasteiger partial charge in [0.25, 0.3) is 5.69 Å². The predicted molar refractivity (Wildman–Crippen MR) is 69.1 cm³/mol. The molecule has 0 radical (unpaired) electrons. The first-order valence-electron chi connectivity index (χ1n) is 5.54. The second kappa shape index (κ2) is 5.79. The van der Waals surface area contributed by atoms with Crippen molar-refractivity contribution in [3.8, 4) is 5.75 Å². The smallest absolute Gasteiger partial charge is 0.410 e. The van der Waals surface area contributed by atoms with Crippen molar-refractivity contribution in [1.29, 1.82) is 0 Å². The summed E-state index contributed by atoms with van der Waals surface area (Å²) in [4.78, 5) is 21.6. The fourth-order valence-electron chi connectivity index (χ4n) is 1.50. The molecule has 0 heterocycles. The topological polar surface area (TPSA) is 81.5 Å². The molecule has 1 amide bonds. The fraction of sp³-hybridized carbons (Fsp3) is 0. The largest absolute Gasteiger partial charge is 0.417 e. The molecule has 0 unspecified atom stereocenters. The number of nitro benzene ring substituents is 1. The SMILES string of the molecule is O=C(Nc1cc(F)ccc1[N+](=O)[O-])Oc1ccccc1. The lowest BCUT2D eigenvalue weighted by atomic mass is 10.2. The van der Waals surface area contributed by atoms with E-state index in [1.165, 1.54) is 0 Å². The predicted octanol–water partition coefficient (Wildman–Crippen LogP) is 3.34. The number of nitrogens with zero attached hydrogens (tertiary/aromatic N) is 1. The molecule has 0 bridgehead atoms. The van der Waals surface area contributed by atoms with E-state index >= 15 is 0 Å². The average molecular weight is 276 g/mol. The van der Waals surface area contributed by atoms with Crippen molar-refractivity contribution in [2.75, 3.05) is 5.32 Å². The molecule has 20 heavy (non-hydrogen) atoms. The highest BCUT2D eigenvalue weighted by Gasteiger charge is 2.17. The first-order valence-corrected chi connectivity index (χ1v) is 5.54. The molecule has 2 rings (SSSR count). The molecular formula is C13H9FN2O4. The number of ether oxygens (including phenoxy) is 1. The van der Waals surface area contributed by atoms with Crippen molar-refractivity contribution in [3.05, 3.63) is 64.5 Å². The van der Waals surface area contributed by atoms with Gasteiger partial charge in [-0.25, -0.2) is 9.18 Å². The standard InChI is InChI=1S/C13H9FN2O4/c14-9-6-7-12(16(18)19)11(8-9)15-13(17)20-10-4-2-1-3-5-10/h1-8H,(H,15,17). The van der Waals surface area contributed by atoms with E-state index in [9.17, 15) is 19.3 Å². The second-order valence-electron chi connectivity index (χ2n) is 3.75. The summed E-state index contributed by atoms with van der Waals surface area (Å²) in [5.74, 6) is -0.435. The monoisotopic (exact) mass is 276 g/mol. The summed E-state index contributed by atoms with van der Waals surface area (Å²) in [6, 6.07) is 10.9. The molecule has 0 aliphatic heterocycles. The molecule has 0 saturated carbocycles. The van der Waals surface area contributed by atoms with Crippen LogP contribution >= 0.6 is 0 Å². The van der Waals surface area contributed by atoms with E-state index in [-0.39, 0.29) is 11.4 Å². The number of anilines is 1. The minimum atomic E-state index is -0.940. The Hall–Kier alpha value is -2.96. The van der Waals surface area contributed by atoms with Crippen molar-refractivity contribution in [1.82, 2.24) is 0 Å². The molecule has 2 aromatic carbocycles. The van der Waals surface area contributed by atoms with Crippen LogP contribution < -0.4 is 10.1 Å². The summed E-state index contributed by atoms with van der Waals surface area (Å²) >= 11 is 0. The molecule has 7 heteroatoms. The quantitative estimate of drug-likeness (QED) is 0.688. The summed E-state index contributed by atoms with van der Waals surface area (Å²) in [6.07, 6.45) is -0.940. The van der Waals surface area contributed by atoms with Crippen LogP contribution in [0.5, 0.6) is 5.75 Å². The van der Waals surface area contributed by atoms with Gasteiger partial charge in [-0.05, 0) is 18.2 Å². The molecule has 102 valence electrons. The Labute approximate surface area is 112 Å². The van der Waals surface area contributed by atoms with Crippen molar-refractivity contribution in [3.63, 3.8) is 0 Å². The van der Waals surface area contributed by atoms with Gasteiger partial charge in [0.2, 0.25) is 0 Å². The van der Waals surface area contributed by atoms with Gasteiger partial charge in [-0.15, -0.1) is 0 Å². The third-order valence-electron chi connectivity index (χ3n) is 2.35. The van der Waals surface area contributed by atoms with Crippen LogP contribution in [0.4, 0.5) is 20.6 Å². The molecule has 0 atom stereocenters. The summed E-state index contributed by atoms with van der Waals surface area (Å²) in [7, 11) is 0. The third-order valence-corrected chi connectivity index (χ3v) is 2.35. The molecule has 6 nitrogen and oxygen atoms in total. The van der Waals surface area contributed by atoms with Gasteiger partial charge in [0, 0.05) is 12.1 Å². The van der Waals surface area contributed by atoms with Gasteiger partial charge in [-0.2, -0.15) is 0 Å². The van der Waals surface area contributed by atoms with Crippen LogP contribution in [0.25, 0.3) is 0 Å². The van der Waals surface area contributed by atoms with E-state index in [2.05, 4.69) is 5.32 Å². The van der Waals surface area contributed by atoms with E-state index in [0.29, 0.717) is 0 Å². The highest BCUT2D eigenvalue weighted by molar-refractivity contribution is 5.89. The Kier molecular flexibility index (Phi) is 3.90. The normalized spacial score (nSPS) is 9.85. The number of carbonyl (C=O) groups excluding carboxylic acids is 1. The summed E-state index contributed by atoms with van der Waals surface area (Å²) in [6.45, 7) is 0. The average Bonchev–Trinajstić information content (AvgIpc) is 2.39. The molecule has 0 aliphatic rings. The zero-order chi connectivity index (χ0) is 14.5. The van der Waals surface area contributed by atoms with Crippen LogP contribution in [-0.4, -0.2) is 11.0 Å². The number of nitro groups is 1. The van der Waals surface area contributed by atoms with Gasteiger partial charge < -0.3 is 4.74 Å². The molecule has 0 saturated heterocycles. The van der Waals surface area contributed by atoms with Crippen molar-refractivity contribution in [2.24, 2.45) is 0 Å². The number of rotatable bonds is 3. The van der Waals surface area contributed by atoms with Crippen LogP contribution in [-0.2, 0) is 0 Å². The zero-order valence-corrected chi connectivity index (χ0v) is 10.1. The summed E-state index contributed by atoms with van der Waals surface area (Å²) in [5, 5.41) is 12.9. The number of carbonyl (C=O) groups is 1. The van der Waals surface area contributed by atoms with Crippen molar-refractivity contribution in [2.45, 2.75) is 0 Å². The Balaban J connectivity index is 2.15. The van der Waals surface area contributed by atoms with E-state index in [0.717, 1.165) is 18.2 Å². The fourth-order valence-corrected chi connectivity index (χ4v) is 1.50. The zero-order valence-electron chi connectivity index (χ0n) is 10.1. The number of amides is 1. The molecule has 0 aromatic heterocycles. The molecule has 0 aliphatic carbocycles. The molecule has 0 spiro atoms. The van der Waals surface area contributed by atoms with E-state index < -0.39 is 22.5 Å². The van der Waals surface area contributed by atoms with Crippen LogP contribution in [0.1, 0.15) is 0 Å². The maximum absolute atomic E-state index is 13.1. The molecular weight excluding hydrogens is 267 g/mol. The second-order valence-corrected chi connectivity index (χ2v) is 3.75. The van der Waals surface area contributed by atoms with Crippen LogP contribution in [0.15, 0.2) is 48.5 Å².